The summed E-state index contributed by atoms with van der Waals surface area (Å²) < 4.78 is 12.4. The van der Waals surface area contributed by atoms with Gasteiger partial charge < -0.3 is 41.4 Å². The highest BCUT2D eigenvalue weighted by molar-refractivity contribution is 5.99. The predicted molar refractivity (Wildman–Crippen MR) is 179 cm³/mol. The van der Waals surface area contributed by atoms with E-state index in [1.807, 2.05) is 6.07 Å². The summed E-state index contributed by atoms with van der Waals surface area (Å²) in [6.45, 7) is 3.56. The Kier molecular flexibility index (Phi) is 9.64. The smallest absolute Gasteiger partial charge is 0.414 e. The molecule has 0 unspecified atom stereocenters. The van der Waals surface area contributed by atoms with Crippen molar-refractivity contribution >= 4 is 29.5 Å². The summed E-state index contributed by atoms with van der Waals surface area (Å²) in [5.41, 5.74) is 10.6. The zero-order chi connectivity index (χ0) is 35.1. The fourth-order valence-electron chi connectivity index (χ4n) is 8.42. The zero-order valence-electron chi connectivity index (χ0n) is 28.3. The molecule has 3 aliphatic carbocycles. The van der Waals surface area contributed by atoms with Crippen LogP contribution in [-0.4, -0.2) is 107 Å². The number of carbonyl (C=O) groups is 4. The molecule has 1 aromatic rings. The zero-order valence-corrected chi connectivity index (χ0v) is 28.3. The number of phenolic OH excluding ortho intramolecular Hbond substituents is 1. The number of hydrogen-bond donors (Lipinski definition) is 5. The van der Waals surface area contributed by atoms with Gasteiger partial charge in [-0.2, -0.15) is 0 Å². The summed E-state index contributed by atoms with van der Waals surface area (Å²) >= 11 is 0. The SMILES string of the molecule is CC(=O)CC(=O)C[C@H](CCCN=C(N)N)C(=O)NCCN(C)C(=O)OC1=CC[C@@]2(O)[C@H]3Cc4ccc(O)c5c4[C@@]2(CCN3CC2CC2)[C@H]1O5. The summed E-state index contributed by atoms with van der Waals surface area (Å²) in [4.78, 5) is 57.9. The van der Waals surface area contributed by atoms with Crippen LogP contribution in [0.15, 0.2) is 29.0 Å². The average Bonchev–Trinajstić information content (AvgIpc) is 3.78. The molecule has 49 heavy (non-hydrogen) atoms. The van der Waals surface area contributed by atoms with Crippen molar-refractivity contribution in [2.45, 2.75) is 87.9 Å². The highest BCUT2D eigenvalue weighted by atomic mass is 16.6. The number of likely N-dealkylation sites (N-methyl/N-ethyl adjacent to an activating group) is 1. The molecule has 2 bridgehead atoms. The lowest BCUT2D eigenvalue weighted by Gasteiger charge is -2.62. The predicted octanol–water partition coefficient (Wildman–Crippen LogP) is 1.24. The van der Waals surface area contributed by atoms with Gasteiger partial charge in [-0.05, 0) is 75.6 Å². The van der Waals surface area contributed by atoms with Crippen molar-refractivity contribution in [3.05, 3.63) is 35.1 Å². The van der Waals surface area contributed by atoms with Crippen LogP contribution < -0.4 is 21.5 Å². The maximum absolute atomic E-state index is 13.4. The van der Waals surface area contributed by atoms with E-state index in [9.17, 15) is 29.4 Å². The fraction of sp³-hybridized carbons (Fsp3) is 0.629. The number of benzene rings is 1. The molecule has 6 rings (SSSR count). The maximum atomic E-state index is 13.4. The number of carbonyl (C=O) groups excluding carboxylic acids is 4. The number of nitrogens with one attached hydrogen (secondary N) is 1. The number of likely N-dealkylation sites (tertiary alicyclic amines) is 1. The molecule has 2 fully saturated rings. The second kappa shape index (κ2) is 13.6. The number of aliphatic hydroxyl groups is 1. The van der Waals surface area contributed by atoms with Gasteiger partial charge in [0.25, 0.3) is 0 Å². The van der Waals surface area contributed by atoms with Crippen molar-refractivity contribution in [3.8, 4) is 11.5 Å². The van der Waals surface area contributed by atoms with Crippen LogP contribution in [0.25, 0.3) is 0 Å². The number of amides is 2. The third-order valence-electron chi connectivity index (χ3n) is 10.9. The standard InChI is InChI=1S/C35H48N6O8/c1-20(42)16-24(43)17-23(4-3-12-39-32(36)37)31(45)38-13-15-40(2)33(46)48-26-9-10-35(47)27-18-22-7-8-25(44)29-28(22)34(35,30(26)49-29)11-14-41(27)19-21-5-6-21/h7-9,21,23,27,30,44,47H,3-6,10-19H2,1-2H3,(H,38,45)(H4,36,37,39)/t23-,27+,30-,34-,35+/m0/s1. The van der Waals surface area contributed by atoms with Gasteiger partial charge in [-0.3, -0.25) is 24.3 Å². The maximum Gasteiger partial charge on any atom is 0.414 e. The topological polar surface area (TPSA) is 210 Å². The van der Waals surface area contributed by atoms with Gasteiger partial charge in [-0.25, -0.2) is 4.79 Å². The first kappa shape index (κ1) is 34.7. The van der Waals surface area contributed by atoms with Gasteiger partial charge in [0, 0.05) is 63.6 Å². The molecule has 2 heterocycles. The Morgan fingerprint density at radius 1 is 1.24 bits per heavy atom. The van der Waals surface area contributed by atoms with E-state index >= 15 is 0 Å². The number of nitrogens with two attached hydrogens (primary N) is 2. The van der Waals surface area contributed by atoms with Crippen molar-refractivity contribution in [1.29, 1.82) is 0 Å². The van der Waals surface area contributed by atoms with E-state index in [0.717, 1.165) is 24.2 Å². The minimum absolute atomic E-state index is 0.000178. The van der Waals surface area contributed by atoms with Crippen LogP contribution in [0.3, 0.4) is 0 Å². The lowest BCUT2D eigenvalue weighted by atomic mass is 9.50. The second-order valence-corrected chi connectivity index (χ2v) is 14.4. The second-order valence-electron chi connectivity index (χ2n) is 14.4. The number of aliphatic imine (C=N–C) groups is 1. The van der Waals surface area contributed by atoms with Gasteiger partial charge in [0.1, 0.15) is 17.3 Å². The first-order valence-corrected chi connectivity index (χ1v) is 17.3. The first-order chi connectivity index (χ1) is 23.3. The van der Waals surface area contributed by atoms with Crippen LogP contribution in [0.2, 0.25) is 0 Å². The molecule has 5 aliphatic rings. The molecule has 2 amide bonds. The lowest BCUT2D eigenvalue weighted by Crippen LogP contribution is -2.75. The van der Waals surface area contributed by atoms with E-state index < -0.39 is 29.1 Å². The third kappa shape index (κ3) is 6.60. The molecule has 0 radical (unpaired) electrons. The number of ether oxygens (including phenoxy) is 2. The largest absolute Gasteiger partial charge is 0.504 e. The van der Waals surface area contributed by atoms with Crippen LogP contribution in [0.4, 0.5) is 4.79 Å². The number of aromatic hydroxyl groups is 1. The van der Waals surface area contributed by atoms with Crippen LogP contribution in [0, 0.1) is 11.8 Å². The van der Waals surface area contributed by atoms with Crippen molar-refractivity contribution in [1.82, 2.24) is 15.1 Å². The highest BCUT2D eigenvalue weighted by Gasteiger charge is 2.72. The Hall–Kier alpha value is -4.17. The average molecular weight is 681 g/mol. The normalized spacial score (nSPS) is 26.8. The molecule has 2 aliphatic heterocycles. The van der Waals surface area contributed by atoms with E-state index in [-0.39, 0.29) is 67.6 Å². The first-order valence-electron chi connectivity index (χ1n) is 17.3. The van der Waals surface area contributed by atoms with Crippen molar-refractivity contribution in [2.75, 3.05) is 39.8 Å². The van der Waals surface area contributed by atoms with Gasteiger partial charge in [0.05, 0.1) is 17.4 Å². The van der Waals surface area contributed by atoms with Gasteiger partial charge in [-0.15, -0.1) is 0 Å². The summed E-state index contributed by atoms with van der Waals surface area (Å²) in [6, 6.07) is 3.44. The lowest BCUT2D eigenvalue weighted by molar-refractivity contribution is -0.169. The Morgan fingerprint density at radius 3 is 2.73 bits per heavy atom. The minimum atomic E-state index is -1.16. The Bertz CT molecular complexity index is 1570. The minimum Gasteiger partial charge on any atom is -0.504 e. The van der Waals surface area contributed by atoms with Crippen molar-refractivity contribution in [3.63, 3.8) is 0 Å². The highest BCUT2D eigenvalue weighted by Crippen LogP contribution is 2.65. The number of Topliss-reactive ketones (excluding diaryl/α,β-unsaturated/α-hetero) is 2. The van der Waals surface area contributed by atoms with Crippen LogP contribution in [-0.2, 0) is 31.0 Å². The van der Waals surface area contributed by atoms with E-state index in [1.54, 1.807) is 19.2 Å². The number of rotatable bonds is 15. The third-order valence-corrected chi connectivity index (χ3v) is 10.9. The number of guanidine groups is 1. The Balaban J connectivity index is 1.10. The number of hydrogen-bond acceptors (Lipinski definition) is 10. The monoisotopic (exact) mass is 680 g/mol. The number of phenols is 1. The molecule has 7 N–H and O–H groups in total. The molecule has 0 aromatic heterocycles. The van der Waals surface area contributed by atoms with E-state index in [0.29, 0.717) is 49.7 Å². The molecular weight excluding hydrogens is 632 g/mol. The van der Waals surface area contributed by atoms with Gasteiger partial charge in [0.15, 0.2) is 23.6 Å². The van der Waals surface area contributed by atoms with Crippen molar-refractivity contribution < 1.29 is 38.9 Å². The molecule has 14 heteroatoms. The van der Waals surface area contributed by atoms with Gasteiger partial charge >= 0.3 is 6.09 Å². The van der Waals surface area contributed by atoms with Crippen LogP contribution in [0.5, 0.6) is 11.5 Å². The van der Waals surface area contributed by atoms with Crippen LogP contribution in [0.1, 0.15) is 69.4 Å². The van der Waals surface area contributed by atoms with Crippen molar-refractivity contribution in [2.24, 2.45) is 28.3 Å². The quantitative estimate of drug-likeness (QED) is 0.0770. The van der Waals surface area contributed by atoms with E-state index in [2.05, 4.69) is 15.2 Å². The summed E-state index contributed by atoms with van der Waals surface area (Å²) in [5.74, 6) is -0.391. The van der Waals surface area contributed by atoms with Gasteiger partial charge in [0.2, 0.25) is 5.91 Å². The molecule has 266 valence electrons. The summed E-state index contributed by atoms with van der Waals surface area (Å²) in [5, 5.41) is 26.2. The summed E-state index contributed by atoms with van der Waals surface area (Å²) in [7, 11) is 1.55. The molecule has 14 nitrogen and oxygen atoms in total. The number of piperidine rings is 1. The Morgan fingerprint density at radius 2 is 2.02 bits per heavy atom. The fourth-order valence-corrected chi connectivity index (χ4v) is 8.42. The molecule has 1 saturated heterocycles. The number of nitrogens with zero attached hydrogens (tertiary/aromatic N) is 3. The van der Waals surface area contributed by atoms with E-state index in [1.165, 1.54) is 24.7 Å². The summed E-state index contributed by atoms with van der Waals surface area (Å²) in [6.07, 6.45) is 4.75. The molecular formula is C35H48N6O8. The molecule has 1 saturated carbocycles. The Labute approximate surface area is 285 Å². The molecule has 1 spiro atoms. The van der Waals surface area contributed by atoms with Gasteiger partial charge in [-0.1, -0.05) is 6.07 Å². The molecule has 1 aromatic carbocycles. The van der Waals surface area contributed by atoms with Crippen LogP contribution >= 0.6 is 0 Å². The number of ketones is 2. The molecule has 5 atom stereocenters. The van der Waals surface area contributed by atoms with E-state index in [4.69, 9.17) is 20.9 Å².